The van der Waals surface area contributed by atoms with E-state index in [1.165, 1.54) is 24.3 Å². The SMILES string of the molecule is O=C(OC[C@H]1O[C@@H](O[C@H]2[C@H](OCc3ccccc3)[C@@H](OCc3ccccc3)[C@@H](O)O[C@@H]2COCc2ccccc2)[C@H](O)[C@@H](OC(=O)c2ccccc2)[C@@H]1OC(=O)c1ccccc1)c1ccccc1. The van der Waals surface area contributed by atoms with Crippen LogP contribution in [0.1, 0.15) is 47.8 Å². The molecule has 0 bridgehead atoms. The Morgan fingerprint density at radius 3 is 1.34 bits per heavy atom. The van der Waals surface area contributed by atoms with Crippen molar-refractivity contribution in [2.24, 2.45) is 0 Å². The number of hydrogen-bond donors (Lipinski definition) is 2. The van der Waals surface area contributed by atoms with Gasteiger partial charge < -0.3 is 52.8 Å². The maximum absolute atomic E-state index is 13.9. The van der Waals surface area contributed by atoms with E-state index in [4.69, 9.17) is 42.6 Å². The molecular weight excluding hydrogens is 873 g/mol. The van der Waals surface area contributed by atoms with Gasteiger partial charge >= 0.3 is 17.9 Å². The number of aliphatic hydroxyl groups is 2. The van der Waals surface area contributed by atoms with E-state index >= 15 is 0 Å². The van der Waals surface area contributed by atoms with Crippen molar-refractivity contribution < 1.29 is 67.2 Å². The van der Waals surface area contributed by atoms with Gasteiger partial charge in [-0.1, -0.05) is 146 Å². The molecule has 2 aliphatic rings. The summed E-state index contributed by atoms with van der Waals surface area (Å²) in [6, 6.07) is 52.6. The van der Waals surface area contributed by atoms with Crippen molar-refractivity contribution in [1.29, 1.82) is 0 Å². The van der Waals surface area contributed by atoms with Gasteiger partial charge in [-0.05, 0) is 53.1 Å². The lowest BCUT2D eigenvalue weighted by atomic mass is 9.96. The summed E-state index contributed by atoms with van der Waals surface area (Å²) < 4.78 is 56.7. The van der Waals surface area contributed by atoms with Crippen LogP contribution < -0.4 is 0 Å². The lowest BCUT2D eigenvalue weighted by molar-refractivity contribution is -0.363. The summed E-state index contributed by atoms with van der Waals surface area (Å²) in [5.41, 5.74) is 3.02. The lowest BCUT2D eigenvalue weighted by Crippen LogP contribution is -2.66. The van der Waals surface area contributed by atoms with Crippen molar-refractivity contribution in [2.75, 3.05) is 13.2 Å². The third-order valence-corrected chi connectivity index (χ3v) is 11.4. The Morgan fingerprint density at radius 2 is 0.838 bits per heavy atom. The number of ether oxygens (including phenoxy) is 9. The number of carbonyl (C=O) groups is 3. The average Bonchev–Trinajstić information content (AvgIpc) is 3.39. The fourth-order valence-corrected chi connectivity index (χ4v) is 7.88. The van der Waals surface area contributed by atoms with Gasteiger partial charge in [0.1, 0.15) is 43.2 Å². The molecule has 0 unspecified atom stereocenters. The summed E-state index contributed by atoms with van der Waals surface area (Å²) in [5.74, 6) is -2.41. The van der Waals surface area contributed by atoms with E-state index in [-0.39, 0.29) is 43.1 Å². The Hall–Kier alpha value is -6.59. The molecule has 0 aliphatic carbocycles. The lowest BCUT2D eigenvalue weighted by Gasteiger charge is -2.48. The maximum Gasteiger partial charge on any atom is 0.338 e. The molecule has 6 aromatic carbocycles. The smallest absolute Gasteiger partial charge is 0.338 e. The van der Waals surface area contributed by atoms with Gasteiger partial charge in [-0.25, -0.2) is 14.4 Å². The zero-order chi connectivity index (χ0) is 47.1. The number of benzene rings is 6. The minimum absolute atomic E-state index is 0.0435. The van der Waals surface area contributed by atoms with Crippen LogP contribution in [0.15, 0.2) is 182 Å². The highest BCUT2D eigenvalue weighted by molar-refractivity contribution is 5.91. The first-order valence-electron chi connectivity index (χ1n) is 22.3. The molecule has 14 heteroatoms. The van der Waals surface area contributed by atoms with Crippen molar-refractivity contribution in [1.82, 2.24) is 0 Å². The molecule has 68 heavy (non-hydrogen) atoms. The van der Waals surface area contributed by atoms with Crippen molar-refractivity contribution in [3.63, 3.8) is 0 Å². The Bertz CT molecular complexity index is 2470. The molecule has 0 saturated carbocycles. The first-order chi connectivity index (χ1) is 33.3. The Morgan fingerprint density at radius 1 is 0.426 bits per heavy atom. The van der Waals surface area contributed by atoms with Crippen LogP contribution in [-0.4, -0.2) is 103 Å². The minimum Gasteiger partial charge on any atom is -0.459 e. The summed E-state index contributed by atoms with van der Waals surface area (Å²) in [4.78, 5) is 41.1. The largest absolute Gasteiger partial charge is 0.459 e. The fourth-order valence-electron chi connectivity index (χ4n) is 7.88. The number of carbonyl (C=O) groups excluding carboxylic acids is 3. The van der Waals surface area contributed by atoms with E-state index in [0.29, 0.717) is 0 Å². The molecule has 2 aliphatic heterocycles. The average molecular weight is 925 g/mol. The predicted molar refractivity (Wildman–Crippen MR) is 245 cm³/mol. The molecule has 352 valence electrons. The molecule has 8 rings (SSSR count). The predicted octanol–water partition coefficient (Wildman–Crippen LogP) is 6.87. The maximum atomic E-state index is 13.9. The highest BCUT2D eigenvalue weighted by Gasteiger charge is 2.55. The molecule has 0 amide bonds. The van der Waals surface area contributed by atoms with Crippen LogP contribution in [-0.2, 0) is 62.5 Å². The second-order valence-electron chi connectivity index (χ2n) is 16.2. The first kappa shape index (κ1) is 47.9. The molecule has 2 fully saturated rings. The summed E-state index contributed by atoms with van der Waals surface area (Å²) >= 11 is 0. The van der Waals surface area contributed by atoms with Gasteiger partial charge in [0.25, 0.3) is 0 Å². The van der Waals surface area contributed by atoms with Crippen molar-refractivity contribution in [3.05, 3.63) is 215 Å². The fraction of sp³-hybridized carbons (Fsp3) is 0.278. The normalized spacial score (nSPS) is 24.6. The Balaban J connectivity index is 1.15. The molecule has 6 aromatic rings. The van der Waals surface area contributed by atoms with E-state index < -0.39 is 85.9 Å². The van der Waals surface area contributed by atoms with Crippen molar-refractivity contribution in [2.45, 2.75) is 81.2 Å². The third kappa shape index (κ3) is 12.7. The van der Waals surface area contributed by atoms with E-state index in [2.05, 4.69) is 0 Å². The van der Waals surface area contributed by atoms with E-state index in [9.17, 15) is 24.6 Å². The quantitative estimate of drug-likeness (QED) is 0.0636. The van der Waals surface area contributed by atoms with Gasteiger partial charge in [-0.15, -0.1) is 0 Å². The Labute approximate surface area is 393 Å². The van der Waals surface area contributed by atoms with Crippen LogP contribution >= 0.6 is 0 Å². The zero-order valence-corrected chi connectivity index (χ0v) is 36.9. The van der Waals surface area contributed by atoms with Crippen LogP contribution in [0.3, 0.4) is 0 Å². The summed E-state index contributed by atoms with van der Waals surface area (Å²) in [6.07, 6.45) is -14.4. The van der Waals surface area contributed by atoms with Crippen LogP contribution in [0.25, 0.3) is 0 Å². The molecule has 2 saturated heterocycles. The van der Waals surface area contributed by atoms with Gasteiger partial charge in [-0.3, -0.25) is 0 Å². The molecule has 0 spiro atoms. The van der Waals surface area contributed by atoms with Gasteiger partial charge in [0.15, 0.2) is 24.8 Å². The number of rotatable bonds is 19. The number of esters is 3. The monoisotopic (exact) mass is 924 g/mol. The highest BCUT2D eigenvalue weighted by Crippen LogP contribution is 2.35. The van der Waals surface area contributed by atoms with E-state index in [1.807, 2.05) is 91.0 Å². The number of aliphatic hydroxyl groups excluding tert-OH is 2. The highest BCUT2D eigenvalue weighted by atomic mass is 16.7. The zero-order valence-electron chi connectivity index (χ0n) is 36.9. The second kappa shape index (κ2) is 23.9. The molecule has 2 N–H and O–H groups in total. The van der Waals surface area contributed by atoms with Crippen LogP contribution in [0, 0.1) is 0 Å². The van der Waals surface area contributed by atoms with Gasteiger partial charge in [0, 0.05) is 0 Å². The molecule has 10 atom stereocenters. The van der Waals surface area contributed by atoms with Crippen LogP contribution in [0.2, 0.25) is 0 Å². The third-order valence-electron chi connectivity index (χ3n) is 11.4. The van der Waals surface area contributed by atoms with E-state index in [0.717, 1.165) is 16.7 Å². The first-order valence-corrected chi connectivity index (χ1v) is 22.3. The second-order valence-corrected chi connectivity index (χ2v) is 16.2. The van der Waals surface area contributed by atoms with Gasteiger partial charge in [0.2, 0.25) is 0 Å². The van der Waals surface area contributed by atoms with Crippen LogP contribution in [0.5, 0.6) is 0 Å². The summed E-state index contributed by atoms with van der Waals surface area (Å²) in [7, 11) is 0. The summed E-state index contributed by atoms with van der Waals surface area (Å²) in [6.45, 7) is -0.412. The van der Waals surface area contributed by atoms with Crippen LogP contribution in [0.4, 0.5) is 0 Å². The molecule has 2 heterocycles. The minimum atomic E-state index is -1.87. The Kier molecular flexibility index (Phi) is 16.8. The molecular formula is C54H52O14. The number of hydrogen-bond acceptors (Lipinski definition) is 14. The standard InChI is InChI=1S/C54H52O14/c55-44-47(67-52(58)41-29-17-6-18-30-41)45(66-51(57)40-27-15-5-16-28-40)43(35-63-50(56)39-25-13-4-14-26-39)65-54(44)68-46-42(34-60-31-36-19-7-1-8-20-36)64-53(59)49(62-33-38-23-11-3-12-24-38)48(46)61-32-37-21-9-2-10-22-37/h1-30,42-49,53-55,59H,31-35H2/t42-,43-,44-,45-,46-,47-,48+,49-,53+,54+/m1/s1. The molecule has 0 radical (unpaired) electrons. The molecule has 14 nitrogen and oxygen atoms in total. The van der Waals surface area contributed by atoms with Crippen molar-refractivity contribution >= 4 is 17.9 Å². The van der Waals surface area contributed by atoms with Gasteiger partial charge in [0.05, 0.1) is 43.1 Å². The van der Waals surface area contributed by atoms with Gasteiger partial charge in [-0.2, -0.15) is 0 Å². The van der Waals surface area contributed by atoms with E-state index in [1.54, 1.807) is 66.7 Å². The molecule has 0 aromatic heterocycles. The van der Waals surface area contributed by atoms with Crippen molar-refractivity contribution in [3.8, 4) is 0 Å². The topological polar surface area (TPSA) is 175 Å². The summed E-state index contributed by atoms with van der Waals surface area (Å²) in [5, 5.41) is 24.2.